The maximum Gasteiger partial charge on any atom is 0.295 e. The molecule has 116 valence electrons. The van der Waals surface area contributed by atoms with Crippen molar-refractivity contribution in [1.82, 2.24) is 0 Å². The highest BCUT2D eigenvalue weighted by Gasteiger charge is 2.44. The molecular formula is C17H20NO3S+. The standard InChI is InChI=1S/C17H19NO3S/c1-5-18-11(2)17(3,4)16-13(18)10-9-12-7-6-8-14(15(12)16)22(19,20)21/h6-10H,5H2,1-4H3/p+1. The van der Waals surface area contributed by atoms with Gasteiger partial charge in [0.15, 0.2) is 5.71 Å². The van der Waals surface area contributed by atoms with Gasteiger partial charge in [-0.3, -0.25) is 4.55 Å². The van der Waals surface area contributed by atoms with Crippen molar-refractivity contribution in [2.24, 2.45) is 0 Å². The summed E-state index contributed by atoms with van der Waals surface area (Å²) in [7, 11) is -4.27. The Morgan fingerprint density at radius 1 is 1.18 bits per heavy atom. The molecule has 0 radical (unpaired) electrons. The molecule has 2 aromatic carbocycles. The van der Waals surface area contributed by atoms with Gasteiger partial charge in [-0.25, -0.2) is 0 Å². The highest BCUT2D eigenvalue weighted by atomic mass is 32.2. The van der Waals surface area contributed by atoms with Gasteiger partial charge in [-0.15, -0.1) is 0 Å². The molecule has 0 unspecified atom stereocenters. The lowest BCUT2D eigenvalue weighted by Crippen LogP contribution is -2.26. The number of fused-ring (bicyclic) bond motifs is 3. The first kappa shape index (κ1) is 15.2. The van der Waals surface area contributed by atoms with Crippen LogP contribution >= 0.6 is 0 Å². The zero-order valence-corrected chi connectivity index (χ0v) is 14.0. The Labute approximate surface area is 130 Å². The molecule has 2 aromatic rings. The van der Waals surface area contributed by atoms with Crippen LogP contribution in [0.15, 0.2) is 35.2 Å². The molecule has 1 aliphatic rings. The minimum absolute atomic E-state index is 0.0133. The third kappa shape index (κ3) is 1.92. The highest BCUT2D eigenvalue weighted by molar-refractivity contribution is 7.86. The van der Waals surface area contributed by atoms with E-state index in [1.165, 1.54) is 11.8 Å². The van der Waals surface area contributed by atoms with E-state index >= 15 is 0 Å². The maximum absolute atomic E-state index is 11.8. The van der Waals surface area contributed by atoms with E-state index < -0.39 is 10.1 Å². The van der Waals surface area contributed by atoms with Crippen LogP contribution in [-0.4, -0.2) is 29.8 Å². The summed E-state index contributed by atoms with van der Waals surface area (Å²) in [6.45, 7) is 9.16. The zero-order chi connectivity index (χ0) is 16.3. The van der Waals surface area contributed by atoms with Gasteiger partial charge in [0.05, 0.1) is 5.41 Å². The first-order valence-electron chi connectivity index (χ1n) is 7.35. The summed E-state index contributed by atoms with van der Waals surface area (Å²) in [5, 5.41) is 1.45. The molecule has 4 nitrogen and oxygen atoms in total. The Morgan fingerprint density at radius 2 is 1.86 bits per heavy atom. The lowest BCUT2D eigenvalue weighted by molar-refractivity contribution is -0.434. The Bertz CT molecular complexity index is 924. The molecule has 0 saturated carbocycles. The van der Waals surface area contributed by atoms with E-state index in [9.17, 15) is 13.0 Å². The van der Waals surface area contributed by atoms with E-state index in [1.807, 2.05) is 18.2 Å². The molecule has 0 saturated heterocycles. The van der Waals surface area contributed by atoms with Crippen LogP contribution in [0.5, 0.6) is 0 Å². The second kappa shape index (κ2) is 4.64. The fourth-order valence-electron chi connectivity index (χ4n) is 3.51. The summed E-state index contributed by atoms with van der Waals surface area (Å²) in [5.41, 5.74) is 2.89. The molecule has 0 spiro atoms. The summed E-state index contributed by atoms with van der Waals surface area (Å²) in [4.78, 5) is -0.0133. The van der Waals surface area contributed by atoms with Crippen molar-refractivity contribution in [3.63, 3.8) is 0 Å². The minimum atomic E-state index is -4.27. The number of rotatable bonds is 2. The molecule has 1 N–H and O–H groups in total. The fourth-order valence-corrected chi connectivity index (χ4v) is 4.24. The van der Waals surface area contributed by atoms with Crippen molar-refractivity contribution < 1.29 is 17.5 Å². The minimum Gasteiger partial charge on any atom is -0.282 e. The molecule has 1 heterocycles. The normalized spacial score (nSPS) is 17.1. The van der Waals surface area contributed by atoms with Gasteiger partial charge in [0, 0.05) is 23.9 Å². The quantitative estimate of drug-likeness (QED) is 0.681. The van der Waals surface area contributed by atoms with Gasteiger partial charge in [-0.1, -0.05) is 12.1 Å². The van der Waals surface area contributed by atoms with E-state index in [0.717, 1.165) is 23.2 Å². The lowest BCUT2D eigenvalue weighted by atomic mass is 9.80. The van der Waals surface area contributed by atoms with Gasteiger partial charge in [-0.2, -0.15) is 13.0 Å². The molecule has 0 bridgehead atoms. The number of hydrogen-bond acceptors (Lipinski definition) is 2. The SMILES string of the molecule is CC[N+]1=C(C)C(C)(C)c2c1ccc1cccc(S(=O)(=O)O)c21. The van der Waals surface area contributed by atoms with Gasteiger partial charge in [0.25, 0.3) is 10.1 Å². The molecule has 0 fully saturated rings. The van der Waals surface area contributed by atoms with Crippen LogP contribution in [-0.2, 0) is 15.5 Å². The van der Waals surface area contributed by atoms with E-state index in [0.29, 0.717) is 5.39 Å². The molecular weight excluding hydrogens is 298 g/mol. The summed E-state index contributed by atoms with van der Waals surface area (Å²) < 4.78 is 35.5. The van der Waals surface area contributed by atoms with Crippen molar-refractivity contribution in [3.05, 3.63) is 35.9 Å². The van der Waals surface area contributed by atoms with Crippen LogP contribution in [0.3, 0.4) is 0 Å². The van der Waals surface area contributed by atoms with Gasteiger partial charge >= 0.3 is 0 Å². The molecule has 1 aliphatic heterocycles. The average Bonchev–Trinajstić information content (AvgIpc) is 2.64. The van der Waals surface area contributed by atoms with Crippen molar-refractivity contribution in [3.8, 4) is 0 Å². The van der Waals surface area contributed by atoms with Crippen LogP contribution in [0, 0.1) is 0 Å². The van der Waals surface area contributed by atoms with Crippen LogP contribution in [0.25, 0.3) is 10.8 Å². The molecule has 0 atom stereocenters. The average molecular weight is 318 g/mol. The van der Waals surface area contributed by atoms with Crippen LogP contribution in [0.1, 0.15) is 33.3 Å². The second-order valence-electron chi connectivity index (χ2n) is 6.24. The Kier molecular flexibility index (Phi) is 3.20. The highest BCUT2D eigenvalue weighted by Crippen LogP contribution is 2.45. The van der Waals surface area contributed by atoms with Crippen LogP contribution in [0.4, 0.5) is 5.69 Å². The third-order valence-electron chi connectivity index (χ3n) is 4.80. The Hall–Kier alpha value is -1.72. The predicted octanol–water partition coefficient (Wildman–Crippen LogP) is 3.50. The smallest absolute Gasteiger partial charge is 0.282 e. The maximum atomic E-state index is 11.8. The van der Waals surface area contributed by atoms with Crippen LogP contribution in [0.2, 0.25) is 0 Å². The molecule has 3 rings (SSSR count). The number of nitrogens with zero attached hydrogens (tertiary/aromatic N) is 1. The van der Waals surface area contributed by atoms with Gasteiger partial charge in [-0.05, 0) is 38.3 Å². The summed E-state index contributed by atoms with van der Waals surface area (Å²) >= 11 is 0. The largest absolute Gasteiger partial charge is 0.295 e. The Morgan fingerprint density at radius 3 is 2.45 bits per heavy atom. The van der Waals surface area contributed by atoms with Gasteiger partial charge in [0.2, 0.25) is 5.69 Å². The van der Waals surface area contributed by atoms with Crippen molar-refractivity contribution in [2.75, 3.05) is 6.54 Å². The van der Waals surface area contributed by atoms with Crippen LogP contribution < -0.4 is 0 Å². The van der Waals surface area contributed by atoms with Crippen molar-refractivity contribution in [1.29, 1.82) is 0 Å². The summed E-state index contributed by atoms with van der Waals surface area (Å²) in [5.74, 6) is 0. The van der Waals surface area contributed by atoms with E-state index in [4.69, 9.17) is 0 Å². The number of hydrogen-bond donors (Lipinski definition) is 1. The first-order valence-corrected chi connectivity index (χ1v) is 8.79. The van der Waals surface area contributed by atoms with Crippen molar-refractivity contribution >= 4 is 32.3 Å². The fraction of sp³-hybridized carbons (Fsp3) is 0.353. The monoisotopic (exact) mass is 318 g/mol. The van der Waals surface area contributed by atoms with Crippen molar-refractivity contribution in [2.45, 2.75) is 38.0 Å². The number of benzene rings is 2. The Balaban J connectivity index is 2.54. The molecule has 0 aliphatic carbocycles. The topological polar surface area (TPSA) is 57.4 Å². The van der Waals surface area contributed by atoms with E-state index in [2.05, 4.69) is 32.3 Å². The summed E-state index contributed by atoms with van der Waals surface area (Å²) in [6.07, 6.45) is 0. The van der Waals surface area contributed by atoms with Gasteiger partial charge in [0.1, 0.15) is 11.4 Å². The second-order valence-corrected chi connectivity index (χ2v) is 7.63. The third-order valence-corrected chi connectivity index (χ3v) is 5.70. The summed E-state index contributed by atoms with van der Waals surface area (Å²) in [6, 6.07) is 8.96. The van der Waals surface area contributed by atoms with Gasteiger partial charge < -0.3 is 0 Å². The zero-order valence-electron chi connectivity index (χ0n) is 13.2. The molecule has 22 heavy (non-hydrogen) atoms. The van der Waals surface area contributed by atoms with E-state index in [-0.39, 0.29) is 10.3 Å². The van der Waals surface area contributed by atoms with E-state index in [1.54, 1.807) is 6.07 Å². The molecule has 0 amide bonds. The lowest BCUT2D eigenvalue weighted by Gasteiger charge is -2.18. The first-order chi connectivity index (χ1) is 10.2. The predicted molar refractivity (Wildman–Crippen MR) is 87.9 cm³/mol. The molecule has 0 aromatic heterocycles. The molecule has 5 heteroatoms.